The van der Waals surface area contributed by atoms with Crippen LogP contribution in [0.15, 0.2) is 49.3 Å². The summed E-state index contributed by atoms with van der Waals surface area (Å²) in [5, 5.41) is 4.26. The van der Waals surface area contributed by atoms with Crippen LogP contribution in [0.25, 0.3) is 11.1 Å². The predicted molar refractivity (Wildman–Crippen MR) is 112 cm³/mol. The second-order valence-corrected chi connectivity index (χ2v) is 7.84. The molecule has 1 aromatic carbocycles. The molecule has 2 aromatic heterocycles. The maximum atomic E-state index is 11.9. The summed E-state index contributed by atoms with van der Waals surface area (Å²) in [5.41, 5.74) is 5.64. The standard InChI is InChI=1S/C22H24N6O/c1-26-21-6-4-16(9-17(21)5-7-22(26)29)18-10-20(12-23-11-18)28-8-2-3-19(28)13-27-15-24-14-25-27/h4,6,9-12,14-15,19H,2-3,5,7-8,13H2,1H3/t19-/m0/s1. The molecule has 0 N–H and O–H groups in total. The Morgan fingerprint density at radius 3 is 2.90 bits per heavy atom. The van der Waals surface area contributed by atoms with E-state index in [1.807, 2.05) is 24.1 Å². The number of carbonyl (C=O) groups is 1. The first-order valence-electron chi connectivity index (χ1n) is 10.1. The number of hydrogen-bond acceptors (Lipinski definition) is 5. The lowest BCUT2D eigenvalue weighted by Crippen LogP contribution is -2.33. The molecule has 0 spiro atoms. The van der Waals surface area contributed by atoms with Crippen molar-refractivity contribution in [2.75, 3.05) is 23.4 Å². The molecule has 0 unspecified atom stereocenters. The Balaban J connectivity index is 1.42. The molecule has 148 valence electrons. The number of anilines is 2. The van der Waals surface area contributed by atoms with Gasteiger partial charge >= 0.3 is 0 Å². The van der Waals surface area contributed by atoms with E-state index in [2.05, 4.69) is 44.2 Å². The summed E-state index contributed by atoms with van der Waals surface area (Å²) in [6.45, 7) is 1.87. The minimum absolute atomic E-state index is 0.182. The van der Waals surface area contributed by atoms with Gasteiger partial charge in [0.05, 0.1) is 18.4 Å². The first-order valence-corrected chi connectivity index (χ1v) is 10.1. The molecule has 2 aliphatic rings. The van der Waals surface area contributed by atoms with Crippen molar-refractivity contribution >= 4 is 17.3 Å². The molecule has 0 aliphatic carbocycles. The Hall–Kier alpha value is -3.22. The van der Waals surface area contributed by atoms with Gasteiger partial charge in [0.1, 0.15) is 12.7 Å². The average Bonchev–Trinajstić information content (AvgIpc) is 3.43. The monoisotopic (exact) mass is 388 g/mol. The number of aromatic nitrogens is 4. The molecule has 2 aliphatic heterocycles. The van der Waals surface area contributed by atoms with Crippen molar-refractivity contribution in [2.45, 2.75) is 38.3 Å². The van der Waals surface area contributed by atoms with Crippen LogP contribution in [0.5, 0.6) is 0 Å². The third kappa shape index (κ3) is 3.37. The molecule has 0 saturated carbocycles. The molecule has 1 saturated heterocycles. The highest BCUT2D eigenvalue weighted by Crippen LogP contribution is 2.33. The zero-order chi connectivity index (χ0) is 19.8. The minimum Gasteiger partial charge on any atom is -0.365 e. The maximum absolute atomic E-state index is 11.9. The fourth-order valence-electron chi connectivity index (χ4n) is 4.49. The number of fused-ring (bicyclic) bond motifs is 1. The topological polar surface area (TPSA) is 67.2 Å². The van der Waals surface area contributed by atoms with E-state index in [4.69, 9.17) is 0 Å². The number of nitrogens with zero attached hydrogens (tertiary/aromatic N) is 6. The second kappa shape index (κ2) is 7.31. The molecule has 0 radical (unpaired) electrons. The smallest absolute Gasteiger partial charge is 0.227 e. The van der Waals surface area contributed by atoms with Crippen LogP contribution in [0.4, 0.5) is 11.4 Å². The second-order valence-electron chi connectivity index (χ2n) is 7.84. The summed E-state index contributed by atoms with van der Waals surface area (Å²) >= 11 is 0. The van der Waals surface area contributed by atoms with Crippen molar-refractivity contribution in [3.05, 3.63) is 54.9 Å². The van der Waals surface area contributed by atoms with Gasteiger partial charge in [0.15, 0.2) is 0 Å². The lowest BCUT2D eigenvalue weighted by molar-refractivity contribution is -0.118. The van der Waals surface area contributed by atoms with Crippen molar-refractivity contribution in [3.8, 4) is 11.1 Å². The molecule has 1 fully saturated rings. The average molecular weight is 388 g/mol. The van der Waals surface area contributed by atoms with Crippen LogP contribution >= 0.6 is 0 Å². The fraction of sp³-hybridized carbons (Fsp3) is 0.364. The van der Waals surface area contributed by atoms with Gasteiger partial charge in [0.2, 0.25) is 5.91 Å². The summed E-state index contributed by atoms with van der Waals surface area (Å²) in [4.78, 5) is 24.7. The maximum Gasteiger partial charge on any atom is 0.227 e. The molecule has 1 amide bonds. The van der Waals surface area contributed by atoms with E-state index in [1.165, 1.54) is 12.0 Å². The van der Waals surface area contributed by atoms with Crippen LogP contribution in [0.2, 0.25) is 0 Å². The first kappa shape index (κ1) is 17.8. The van der Waals surface area contributed by atoms with Crippen molar-refractivity contribution in [1.82, 2.24) is 19.7 Å². The number of pyridine rings is 1. The van der Waals surface area contributed by atoms with E-state index < -0.39 is 0 Å². The number of rotatable bonds is 4. The SMILES string of the molecule is CN1C(=O)CCc2cc(-c3cncc(N4CCC[C@H]4Cn4cncn4)c3)ccc21. The van der Waals surface area contributed by atoms with Gasteiger partial charge in [-0.3, -0.25) is 14.5 Å². The number of hydrogen-bond donors (Lipinski definition) is 0. The van der Waals surface area contributed by atoms with Crippen molar-refractivity contribution < 1.29 is 4.79 Å². The summed E-state index contributed by atoms with van der Waals surface area (Å²) in [5.74, 6) is 0.182. The fourth-order valence-corrected chi connectivity index (χ4v) is 4.49. The number of amides is 1. The number of benzene rings is 1. The Bertz CT molecular complexity index is 1030. The Morgan fingerprint density at radius 1 is 1.10 bits per heavy atom. The summed E-state index contributed by atoms with van der Waals surface area (Å²) in [6.07, 6.45) is 10.9. The Kier molecular flexibility index (Phi) is 4.50. The molecule has 1 atom stereocenters. The van der Waals surface area contributed by atoms with Crippen molar-refractivity contribution in [3.63, 3.8) is 0 Å². The van der Waals surface area contributed by atoms with Crippen molar-refractivity contribution in [1.29, 1.82) is 0 Å². The quantitative estimate of drug-likeness (QED) is 0.687. The zero-order valence-electron chi connectivity index (χ0n) is 16.5. The van der Waals surface area contributed by atoms with E-state index in [9.17, 15) is 4.79 Å². The predicted octanol–water partition coefficient (Wildman–Crippen LogP) is 2.92. The van der Waals surface area contributed by atoms with Crippen LogP contribution in [0, 0.1) is 0 Å². The van der Waals surface area contributed by atoms with Crippen LogP contribution < -0.4 is 9.80 Å². The third-order valence-corrected chi connectivity index (χ3v) is 6.05. The minimum atomic E-state index is 0.182. The summed E-state index contributed by atoms with van der Waals surface area (Å²) in [6, 6.07) is 8.97. The van der Waals surface area contributed by atoms with Gasteiger partial charge in [-0.05, 0) is 48.6 Å². The van der Waals surface area contributed by atoms with Gasteiger partial charge in [-0.15, -0.1) is 0 Å². The van der Waals surface area contributed by atoms with E-state index in [-0.39, 0.29) is 5.91 Å². The molecular formula is C22H24N6O. The van der Waals surface area contributed by atoms with Gasteiger partial charge in [-0.2, -0.15) is 5.10 Å². The molecule has 7 nitrogen and oxygen atoms in total. The largest absolute Gasteiger partial charge is 0.365 e. The molecule has 0 bridgehead atoms. The third-order valence-electron chi connectivity index (χ3n) is 6.05. The zero-order valence-corrected chi connectivity index (χ0v) is 16.5. The van der Waals surface area contributed by atoms with Crippen molar-refractivity contribution in [2.24, 2.45) is 0 Å². The van der Waals surface area contributed by atoms with E-state index in [0.29, 0.717) is 12.5 Å². The molecule has 5 rings (SSSR count). The van der Waals surface area contributed by atoms with E-state index in [1.54, 1.807) is 17.6 Å². The molecule has 29 heavy (non-hydrogen) atoms. The highest BCUT2D eigenvalue weighted by Gasteiger charge is 2.26. The lowest BCUT2D eigenvalue weighted by atomic mass is 9.96. The van der Waals surface area contributed by atoms with E-state index >= 15 is 0 Å². The van der Waals surface area contributed by atoms with Crippen LogP contribution in [-0.4, -0.2) is 45.3 Å². The number of aryl methyl sites for hydroxylation is 1. The van der Waals surface area contributed by atoms with E-state index in [0.717, 1.165) is 48.4 Å². The summed E-state index contributed by atoms with van der Waals surface area (Å²) in [7, 11) is 1.85. The number of carbonyl (C=O) groups excluding carboxylic acids is 1. The van der Waals surface area contributed by atoms with Gasteiger partial charge in [0, 0.05) is 43.5 Å². The first-order chi connectivity index (χ1) is 14.2. The molecule has 3 aromatic rings. The Morgan fingerprint density at radius 2 is 2.03 bits per heavy atom. The molecule has 7 heteroatoms. The Labute approximate surface area is 170 Å². The molecule has 4 heterocycles. The van der Waals surface area contributed by atoms with Gasteiger partial charge in [0.25, 0.3) is 0 Å². The van der Waals surface area contributed by atoms with Gasteiger partial charge in [-0.25, -0.2) is 4.98 Å². The van der Waals surface area contributed by atoms with Gasteiger partial charge in [-0.1, -0.05) is 6.07 Å². The normalized spacial score (nSPS) is 18.9. The van der Waals surface area contributed by atoms with Crippen LogP contribution in [0.1, 0.15) is 24.8 Å². The van der Waals surface area contributed by atoms with Crippen LogP contribution in [-0.2, 0) is 17.8 Å². The van der Waals surface area contributed by atoms with Crippen LogP contribution in [0.3, 0.4) is 0 Å². The highest BCUT2D eigenvalue weighted by molar-refractivity contribution is 5.96. The van der Waals surface area contributed by atoms with Gasteiger partial charge < -0.3 is 9.80 Å². The lowest BCUT2D eigenvalue weighted by Gasteiger charge is -2.27. The highest BCUT2D eigenvalue weighted by atomic mass is 16.2. The molecular weight excluding hydrogens is 364 g/mol. The summed E-state index contributed by atoms with van der Waals surface area (Å²) < 4.78 is 1.90.